The first-order chi connectivity index (χ1) is 8.49. The molecule has 0 aliphatic carbocycles. The predicted molar refractivity (Wildman–Crippen MR) is 78.4 cm³/mol. The Morgan fingerprint density at radius 1 is 1.28 bits per heavy atom. The average Bonchev–Trinajstić information content (AvgIpc) is 2.66. The second-order valence-electron chi connectivity index (χ2n) is 3.66. The van der Waals surface area contributed by atoms with Crippen molar-refractivity contribution in [3.63, 3.8) is 0 Å². The fraction of sp³-hybridized carbons (Fsp3) is 0.167. The summed E-state index contributed by atoms with van der Waals surface area (Å²) in [5.41, 5.74) is 0.288. The first-order valence-corrected chi connectivity index (χ1v) is 7.84. The molecule has 0 aliphatic heterocycles. The Labute approximate surface area is 129 Å². The molecule has 0 saturated carbocycles. The largest absolute Gasteiger partial charge is 0.204 e. The molecule has 0 nitrogen and oxygen atoms in total. The number of hydrogen-bond donors (Lipinski definition) is 0. The van der Waals surface area contributed by atoms with E-state index in [-0.39, 0.29) is 17.4 Å². The zero-order valence-electron chi connectivity index (χ0n) is 8.89. The number of rotatable bonds is 3. The van der Waals surface area contributed by atoms with E-state index in [1.54, 1.807) is 6.07 Å². The lowest BCUT2D eigenvalue weighted by Gasteiger charge is -2.08. The zero-order valence-corrected chi connectivity index (χ0v) is 13.6. The van der Waals surface area contributed by atoms with E-state index >= 15 is 0 Å². The molecule has 0 fully saturated rings. The molecule has 0 bridgehead atoms. The number of thiophene rings is 1. The standard InChI is InChI=1S/C12H7Br2ClF2S/c13-7-5-10(18-12(7)14)8(15)4-6-2-1-3-9(16)11(6)17/h1-3,5,8H,4H2. The third-order valence-corrected chi connectivity index (χ3v) is 6.29. The van der Waals surface area contributed by atoms with Crippen molar-refractivity contribution in [1.82, 2.24) is 0 Å². The summed E-state index contributed by atoms with van der Waals surface area (Å²) in [7, 11) is 0. The Bertz CT molecular complexity index is 552. The van der Waals surface area contributed by atoms with Crippen molar-refractivity contribution in [2.45, 2.75) is 11.8 Å². The van der Waals surface area contributed by atoms with Gasteiger partial charge in [0.2, 0.25) is 0 Å². The van der Waals surface area contributed by atoms with Crippen LogP contribution in [0.2, 0.25) is 0 Å². The van der Waals surface area contributed by atoms with Gasteiger partial charge in [-0.1, -0.05) is 12.1 Å². The Morgan fingerprint density at radius 3 is 2.61 bits per heavy atom. The maximum absolute atomic E-state index is 13.5. The van der Waals surface area contributed by atoms with Crippen molar-refractivity contribution in [2.75, 3.05) is 0 Å². The lowest BCUT2D eigenvalue weighted by molar-refractivity contribution is 0.498. The number of halogens is 5. The lowest BCUT2D eigenvalue weighted by Crippen LogP contribution is -1.98. The van der Waals surface area contributed by atoms with Crippen molar-refractivity contribution >= 4 is 54.8 Å². The quantitative estimate of drug-likeness (QED) is 0.533. The van der Waals surface area contributed by atoms with Gasteiger partial charge in [0.05, 0.1) is 9.16 Å². The molecule has 1 heterocycles. The molecule has 6 heteroatoms. The minimum absolute atomic E-state index is 0.255. The summed E-state index contributed by atoms with van der Waals surface area (Å²) in [6.07, 6.45) is 0.255. The highest BCUT2D eigenvalue weighted by molar-refractivity contribution is 9.13. The highest BCUT2D eigenvalue weighted by atomic mass is 79.9. The molecule has 96 valence electrons. The smallest absolute Gasteiger partial charge is 0.162 e. The second-order valence-corrected chi connectivity index (χ2v) is 7.44. The summed E-state index contributed by atoms with van der Waals surface area (Å²) in [5.74, 6) is -1.66. The van der Waals surface area contributed by atoms with E-state index < -0.39 is 11.6 Å². The predicted octanol–water partition coefficient (Wildman–Crippen LogP) is 6.07. The van der Waals surface area contributed by atoms with Gasteiger partial charge in [-0.15, -0.1) is 22.9 Å². The fourth-order valence-corrected chi connectivity index (χ4v) is 3.95. The van der Waals surface area contributed by atoms with Crippen LogP contribution in [0.1, 0.15) is 15.8 Å². The van der Waals surface area contributed by atoms with Gasteiger partial charge in [-0.25, -0.2) is 8.78 Å². The Morgan fingerprint density at radius 2 is 2.00 bits per heavy atom. The second kappa shape index (κ2) is 5.99. The van der Waals surface area contributed by atoms with E-state index in [1.165, 1.54) is 17.4 Å². The van der Waals surface area contributed by atoms with Crippen LogP contribution in [0.5, 0.6) is 0 Å². The van der Waals surface area contributed by atoms with Crippen LogP contribution in [0.15, 0.2) is 32.5 Å². The summed E-state index contributed by atoms with van der Waals surface area (Å²) in [6.45, 7) is 0. The third kappa shape index (κ3) is 3.13. The Kier molecular flexibility index (Phi) is 4.80. The summed E-state index contributed by atoms with van der Waals surface area (Å²) in [5, 5.41) is -0.381. The van der Waals surface area contributed by atoms with Gasteiger partial charge in [-0.3, -0.25) is 0 Å². The molecule has 1 aromatic heterocycles. The van der Waals surface area contributed by atoms with E-state index in [2.05, 4.69) is 31.9 Å². The molecule has 0 radical (unpaired) electrons. The summed E-state index contributed by atoms with van der Waals surface area (Å²) in [6, 6.07) is 6.01. The van der Waals surface area contributed by atoms with Crippen molar-refractivity contribution in [1.29, 1.82) is 0 Å². The highest BCUT2D eigenvalue weighted by Gasteiger charge is 2.17. The van der Waals surface area contributed by atoms with Gasteiger partial charge in [0, 0.05) is 9.35 Å². The molecule has 0 saturated heterocycles. The van der Waals surface area contributed by atoms with Crippen LogP contribution < -0.4 is 0 Å². The van der Waals surface area contributed by atoms with Gasteiger partial charge in [0.15, 0.2) is 11.6 Å². The van der Waals surface area contributed by atoms with E-state index in [0.29, 0.717) is 0 Å². The lowest BCUT2D eigenvalue weighted by atomic mass is 10.1. The molecule has 18 heavy (non-hydrogen) atoms. The Hall–Kier alpha value is 0.0300. The van der Waals surface area contributed by atoms with Crippen molar-refractivity contribution in [3.8, 4) is 0 Å². The van der Waals surface area contributed by atoms with Crippen LogP contribution in [-0.2, 0) is 6.42 Å². The SMILES string of the molecule is Fc1cccc(CC(Cl)c2cc(Br)c(Br)s2)c1F. The van der Waals surface area contributed by atoms with Crippen LogP contribution in [0.4, 0.5) is 8.78 Å². The third-order valence-electron chi connectivity index (χ3n) is 2.40. The maximum Gasteiger partial charge on any atom is 0.162 e. The van der Waals surface area contributed by atoms with Crippen molar-refractivity contribution in [2.24, 2.45) is 0 Å². The summed E-state index contributed by atoms with van der Waals surface area (Å²) in [4.78, 5) is 0.902. The van der Waals surface area contributed by atoms with Gasteiger partial charge >= 0.3 is 0 Å². The molecule has 2 aromatic rings. The van der Waals surface area contributed by atoms with Crippen molar-refractivity contribution in [3.05, 3.63) is 54.6 Å². The van der Waals surface area contributed by atoms with Gasteiger partial charge in [-0.2, -0.15) is 0 Å². The molecule has 1 aromatic carbocycles. The molecule has 0 spiro atoms. The number of benzene rings is 1. The maximum atomic E-state index is 13.5. The fourth-order valence-electron chi connectivity index (χ4n) is 1.52. The minimum atomic E-state index is -0.843. The zero-order chi connectivity index (χ0) is 13.3. The first kappa shape index (κ1) is 14.4. The van der Waals surface area contributed by atoms with E-state index in [0.717, 1.165) is 19.2 Å². The summed E-state index contributed by atoms with van der Waals surface area (Å²) >= 11 is 14.4. The van der Waals surface area contributed by atoms with Crippen LogP contribution in [0.25, 0.3) is 0 Å². The van der Waals surface area contributed by atoms with Crippen LogP contribution in [0.3, 0.4) is 0 Å². The van der Waals surface area contributed by atoms with Gasteiger partial charge in [-0.05, 0) is 56.0 Å². The minimum Gasteiger partial charge on any atom is -0.204 e. The average molecular weight is 417 g/mol. The first-order valence-electron chi connectivity index (χ1n) is 5.00. The van der Waals surface area contributed by atoms with Gasteiger partial charge < -0.3 is 0 Å². The monoisotopic (exact) mass is 414 g/mol. The topological polar surface area (TPSA) is 0 Å². The number of hydrogen-bond acceptors (Lipinski definition) is 1. The van der Waals surface area contributed by atoms with E-state index in [4.69, 9.17) is 11.6 Å². The molecular weight excluding hydrogens is 409 g/mol. The van der Waals surface area contributed by atoms with Crippen LogP contribution in [0, 0.1) is 11.6 Å². The number of alkyl halides is 1. The molecular formula is C12H7Br2ClF2S. The molecule has 2 rings (SSSR count). The molecule has 1 atom stereocenters. The Balaban J connectivity index is 2.21. The highest BCUT2D eigenvalue weighted by Crippen LogP contribution is 2.39. The molecule has 1 unspecified atom stereocenters. The summed E-state index contributed by atoms with van der Waals surface area (Å²) < 4.78 is 28.4. The normalized spacial score (nSPS) is 12.7. The van der Waals surface area contributed by atoms with Crippen molar-refractivity contribution < 1.29 is 8.78 Å². The van der Waals surface area contributed by atoms with Crippen LogP contribution in [-0.4, -0.2) is 0 Å². The van der Waals surface area contributed by atoms with Crippen LogP contribution >= 0.6 is 54.8 Å². The molecule has 0 amide bonds. The van der Waals surface area contributed by atoms with E-state index in [9.17, 15) is 8.78 Å². The van der Waals surface area contributed by atoms with Gasteiger partial charge in [0.1, 0.15) is 0 Å². The van der Waals surface area contributed by atoms with Gasteiger partial charge in [0.25, 0.3) is 0 Å². The van der Waals surface area contributed by atoms with E-state index in [1.807, 2.05) is 6.07 Å². The molecule has 0 N–H and O–H groups in total. The molecule has 0 aliphatic rings.